The molecule has 2 amide bonds. The molecule has 1 aromatic carbocycles. The third-order valence-corrected chi connectivity index (χ3v) is 3.29. The van der Waals surface area contributed by atoms with Crippen LogP contribution in [0, 0.1) is 5.82 Å². The van der Waals surface area contributed by atoms with Gasteiger partial charge in [-0.15, -0.1) is 0 Å². The summed E-state index contributed by atoms with van der Waals surface area (Å²) in [6.07, 6.45) is 0. The van der Waals surface area contributed by atoms with Gasteiger partial charge in [-0.05, 0) is 6.92 Å². The van der Waals surface area contributed by atoms with Gasteiger partial charge in [0.25, 0.3) is 0 Å². The number of rotatable bonds is 3. The van der Waals surface area contributed by atoms with Crippen molar-refractivity contribution in [3.63, 3.8) is 0 Å². The van der Waals surface area contributed by atoms with Crippen LogP contribution in [0.5, 0.6) is 0 Å². The molecular weight excluding hydrogens is 249 g/mol. The second-order valence-corrected chi connectivity index (χ2v) is 4.59. The Kier molecular flexibility index (Phi) is 3.92. The van der Waals surface area contributed by atoms with E-state index in [2.05, 4.69) is 5.32 Å². The van der Waals surface area contributed by atoms with Crippen LogP contribution in [0.3, 0.4) is 0 Å². The van der Waals surface area contributed by atoms with Crippen molar-refractivity contribution in [3.8, 4) is 0 Å². The molecule has 1 aromatic rings. The Hall–Kier alpha value is -1.79. The molecule has 1 unspecified atom stereocenters. The number of nitrogens with zero attached hydrogens (tertiary/aromatic N) is 1. The number of nitrogens with one attached hydrogen (secondary N) is 1. The highest BCUT2D eigenvalue weighted by atomic mass is 19.1. The summed E-state index contributed by atoms with van der Waals surface area (Å²) in [5.41, 5.74) is 6.32. The topological polar surface area (TPSA) is 75.4 Å². The minimum Gasteiger partial charge on any atom is -0.326 e. The van der Waals surface area contributed by atoms with Crippen LogP contribution in [0.4, 0.5) is 4.39 Å². The van der Waals surface area contributed by atoms with Gasteiger partial charge in [0, 0.05) is 24.2 Å². The molecule has 0 bridgehead atoms. The van der Waals surface area contributed by atoms with Gasteiger partial charge >= 0.3 is 0 Å². The zero-order valence-electron chi connectivity index (χ0n) is 10.6. The Morgan fingerprint density at radius 2 is 2.11 bits per heavy atom. The second kappa shape index (κ2) is 5.46. The van der Waals surface area contributed by atoms with E-state index < -0.39 is 6.04 Å². The van der Waals surface area contributed by atoms with E-state index in [1.54, 1.807) is 30.0 Å². The number of imide groups is 1. The molecular formula is C13H16FN3O2. The van der Waals surface area contributed by atoms with E-state index in [0.717, 1.165) is 0 Å². The molecule has 0 spiro atoms. The van der Waals surface area contributed by atoms with Crippen molar-refractivity contribution in [1.82, 2.24) is 10.2 Å². The van der Waals surface area contributed by atoms with Gasteiger partial charge in [0.15, 0.2) is 0 Å². The Morgan fingerprint density at radius 3 is 2.79 bits per heavy atom. The van der Waals surface area contributed by atoms with Crippen molar-refractivity contribution in [2.24, 2.45) is 5.73 Å². The van der Waals surface area contributed by atoms with Crippen molar-refractivity contribution in [2.75, 3.05) is 6.54 Å². The van der Waals surface area contributed by atoms with Crippen LogP contribution >= 0.6 is 0 Å². The predicted molar refractivity (Wildman–Crippen MR) is 67.3 cm³/mol. The normalized spacial score (nSPS) is 20.5. The number of piperazine rings is 1. The molecule has 5 nitrogen and oxygen atoms in total. The number of halogens is 1. The van der Waals surface area contributed by atoms with Crippen LogP contribution in [0.15, 0.2) is 18.2 Å². The molecule has 1 heterocycles. The Balaban J connectivity index is 2.20. The van der Waals surface area contributed by atoms with Crippen LogP contribution in [-0.4, -0.2) is 29.3 Å². The van der Waals surface area contributed by atoms with E-state index in [4.69, 9.17) is 5.73 Å². The van der Waals surface area contributed by atoms with Gasteiger partial charge < -0.3 is 5.73 Å². The summed E-state index contributed by atoms with van der Waals surface area (Å²) in [6, 6.07) is 4.52. The fourth-order valence-corrected chi connectivity index (χ4v) is 2.09. The third-order valence-electron chi connectivity index (χ3n) is 3.29. The van der Waals surface area contributed by atoms with Crippen LogP contribution in [-0.2, 0) is 22.7 Å². The highest BCUT2D eigenvalue weighted by Crippen LogP contribution is 2.17. The number of benzene rings is 1. The highest BCUT2D eigenvalue weighted by Gasteiger charge is 2.30. The molecule has 6 heteroatoms. The molecule has 2 rings (SSSR count). The monoisotopic (exact) mass is 265 g/mol. The van der Waals surface area contributed by atoms with Crippen molar-refractivity contribution >= 4 is 11.8 Å². The largest absolute Gasteiger partial charge is 0.326 e. The maximum absolute atomic E-state index is 14.1. The molecule has 1 saturated heterocycles. The molecule has 1 atom stereocenters. The second-order valence-electron chi connectivity index (χ2n) is 4.59. The zero-order valence-corrected chi connectivity index (χ0v) is 10.6. The molecule has 0 aliphatic carbocycles. The van der Waals surface area contributed by atoms with Crippen LogP contribution in [0.1, 0.15) is 18.1 Å². The van der Waals surface area contributed by atoms with E-state index >= 15 is 0 Å². The van der Waals surface area contributed by atoms with Gasteiger partial charge in [-0.3, -0.25) is 19.8 Å². The minimum absolute atomic E-state index is 0.0825. The number of carbonyl (C=O) groups excluding carboxylic acids is 2. The standard InChI is InChI=1S/C13H16FN3O2/c1-8-13(19)16-11(18)7-17(8)6-10-4-2-3-9(5-15)12(10)14/h2-4,8H,5-7,15H2,1H3,(H,16,18,19). The fourth-order valence-electron chi connectivity index (χ4n) is 2.09. The summed E-state index contributed by atoms with van der Waals surface area (Å²) < 4.78 is 14.1. The first-order valence-electron chi connectivity index (χ1n) is 6.07. The first-order valence-corrected chi connectivity index (χ1v) is 6.07. The summed E-state index contributed by atoms with van der Waals surface area (Å²) in [5, 5.41) is 2.25. The number of carbonyl (C=O) groups is 2. The summed E-state index contributed by atoms with van der Waals surface area (Å²) in [7, 11) is 0. The van der Waals surface area contributed by atoms with Crippen LogP contribution in [0.25, 0.3) is 0 Å². The summed E-state index contributed by atoms with van der Waals surface area (Å²) in [4.78, 5) is 24.5. The average Bonchev–Trinajstić information content (AvgIpc) is 2.37. The number of hydrogen-bond donors (Lipinski definition) is 2. The molecule has 3 N–H and O–H groups in total. The van der Waals surface area contributed by atoms with Crippen molar-refractivity contribution in [2.45, 2.75) is 26.1 Å². The van der Waals surface area contributed by atoms with Gasteiger partial charge in [0.05, 0.1) is 12.6 Å². The minimum atomic E-state index is -0.460. The van der Waals surface area contributed by atoms with Crippen molar-refractivity contribution < 1.29 is 14.0 Å². The summed E-state index contributed by atoms with van der Waals surface area (Å²) >= 11 is 0. The van der Waals surface area contributed by atoms with E-state index in [0.29, 0.717) is 11.1 Å². The molecule has 0 saturated carbocycles. The zero-order chi connectivity index (χ0) is 14.0. The molecule has 1 aliphatic heterocycles. The summed E-state index contributed by atoms with van der Waals surface area (Å²) in [5.74, 6) is -1.08. The quantitative estimate of drug-likeness (QED) is 0.762. The Bertz CT molecular complexity index is 519. The van der Waals surface area contributed by atoms with E-state index in [9.17, 15) is 14.0 Å². The molecule has 0 radical (unpaired) electrons. The number of nitrogens with two attached hydrogens (primary N) is 1. The van der Waals surface area contributed by atoms with Gasteiger partial charge in [-0.2, -0.15) is 0 Å². The van der Waals surface area contributed by atoms with E-state index in [1.165, 1.54) is 0 Å². The first-order chi connectivity index (χ1) is 9.02. The lowest BCUT2D eigenvalue weighted by atomic mass is 10.1. The van der Waals surface area contributed by atoms with Gasteiger partial charge in [0.2, 0.25) is 11.8 Å². The number of hydrogen-bond acceptors (Lipinski definition) is 4. The first kappa shape index (κ1) is 13.6. The van der Waals surface area contributed by atoms with Gasteiger partial charge in [0.1, 0.15) is 5.82 Å². The van der Waals surface area contributed by atoms with E-state index in [1.807, 2.05) is 0 Å². The average molecular weight is 265 g/mol. The summed E-state index contributed by atoms with van der Waals surface area (Å²) in [6.45, 7) is 2.10. The maximum atomic E-state index is 14.1. The Labute approximate surface area is 110 Å². The number of amides is 2. The predicted octanol–water partition coefficient (Wildman–Crippen LogP) is 0.131. The Morgan fingerprint density at radius 1 is 1.42 bits per heavy atom. The lowest BCUT2D eigenvalue weighted by Crippen LogP contribution is -2.56. The lowest BCUT2D eigenvalue weighted by Gasteiger charge is -2.31. The maximum Gasteiger partial charge on any atom is 0.243 e. The van der Waals surface area contributed by atoms with Gasteiger partial charge in [-0.25, -0.2) is 4.39 Å². The van der Waals surface area contributed by atoms with Crippen molar-refractivity contribution in [1.29, 1.82) is 0 Å². The van der Waals surface area contributed by atoms with Crippen LogP contribution < -0.4 is 11.1 Å². The molecule has 19 heavy (non-hydrogen) atoms. The fraction of sp³-hybridized carbons (Fsp3) is 0.385. The molecule has 1 fully saturated rings. The van der Waals surface area contributed by atoms with E-state index in [-0.39, 0.29) is 37.3 Å². The molecule has 102 valence electrons. The molecule has 0 aromatic heterocycles. The third kappa shape index (κ3) is 2.80. The smallest absolute Gasteiger partial charge is 0.243 e. The highest BCUT2D eigenvalue weighted by molar-refractivity contribution is 6.00. The molecule has 1 aliphatic rings. The SMILES string of the molecule is CC1C(=O)NC(=O)CN1Cc1cccc(CN)c1F. The van der Waals surface area contributed by atoms with Crippen LogP contribution in [0.2, 0.25) is 0 Å². The van der Waals surface area contributed by atoms with Gasteiger partial charge in [-0.1, -0.05) is 18.2 Å². The lowest BCUT2D eigenvalue weighted by molar-refractivity contribution is -0.139. The van der Waals surface area contributed by atoms with Crippen molar-refractivity contribution in [3.05, 3.63) is 35.1 Å².